The van der Waals surface area contributed by atoms with E-state index in [1.54, 1.807) is 12.4 Å². The summed E-state index contributed by atoms with van der Waals surface area (Å²) >= 11 is 0. The standard InChI is InChI=1S/C20H30N4O3/c1-4-27-16(3)19(26)23-9-7-20(8-10-23)6-5-18(25)24(14-20)13-17-12-21-15(2)11-22-17/h11-12,16H,4-10,13-14H2,1-3H3. The molecule has 1 unspecified atom stereocenters. The number of amides is 2. The van der Waals surface area contributed by atoms with Crippen molar-refractivity contribution >= 4 is 11.8 Å². The van der Waals surface area contributed by atoms with Crippen molar-refractivity contribution in [1.82, 2.24) is 19.8 Å². The first-order chi connectivity index (χ1) is 12.9. The fourth-order valence-electron chi connectivity index (χ4n) is 4.13. The molecule has 1 spiro atoms. The predicted octanol–water partition coefficient (Wildman–Crippen LogP) is 1.94. The number of ether oxygens (including phenoxy) is 1. The highest BCUT2D eigenvalue weighted by molar-refractivity contribution is 5.80. The zero-order chi connectivity index (χ0) is 19.4. The van der Waals surface area contributed by atoms with E-state index in [4.69, 9.17) is 4.74 Å². The van der Waals surface area contributed by atoms with Crippen molar-refractivity contribution in [2.45, 2.75) is 59.1 Å². The van der Waals surface area contributed by atoms with Crippen LogP contribution in [0.15, 0.2) is 12.4 Å². The Balaban J connectivity index is 1.60. The van der Waals surface area contributed by atoms with Crippen LogP contribution in [0.5, 0.6) is 0 Å². The van der Waals surface area contributed by atoms with Gasteiger partial charge in [-0.25, -0.2) is 0 Å². The average molecular weight is 374 g/mol. The molecule has 148 valence electrons. The summed E-state index contributed by atoms with van der Waals surface area (Å²) in [6.07, 6.45) is 6.45. The first-order valence-electron chi connectivity index (χ1n) is 9.88. The van der Waals surface area contributed by atoms with Crippen LogP contribution in [0.4, 0.5) is 0 Å². The van der Waals surface area contributed by atoms with Gasteiger partial charge in [0.1, 0.15) is 6.10 Å². The van der Waals surface area contributed by atoms with Crippen LogP contribution in [0, 0.1) is 12.3 Å². The van der Waals surface area contributed by atoms with Crippen LogP contribution < -0.4 is 0 Å². The van der Waals surface area contributed by atoms with Crippen molar-refractivity contribution in [2.75, 3.05) is 26.2 Å². The Bertz CT molecular complexity index is 668. The predicted molar refractivity (Wildman–Crippen MR) is 101 cm³/mol. The van der Waals surface area contributed by atoms with E-state index in [9.17, 15) is 9.59 Å². The van der Waals surface area contributed by atoms with Gasteiger partial charge in [0, 0.05) is 38.9 Å². The molecule has 2 amide bonds. The summed E-state index contributed by atoms with van der Waals surface area (Å²) in [5.74, 6) is 0.261. The zero-order valence-electron chi connectivity index (χ0n) is 16.6. The van der Waals surface area contributed by atoms with Gasteiger partial charge in [-0.2, -0.15) is 0 Å². The van der Waals surface area contributed by atoms with Crippen LogP contribution in [0.3, 0.4) is 0 Å². The van der Waals surface area contributed by atoms with E-state index >= 15 is 0 Å². The summed E-state index contributed by atoms with van der Waals surface area (Å²) in [6, 6.07) is 0. The Morgan fingerprint density at radius 1 is 1.26 bits per heavy atom. The van der Waals surface area contributed by atoms with Crippen LogP contribution >= 0.6 is 0 Å². The highest BCUT2D eigenvalue weighted by Crippen LogP contribution is 2.40. The molecular weight excluding hydrogens is 344 g/mol. The van der Waals surface area contributed by atoms with E-state index in [0.717, 1.165) is 50.3 Å². The van der Waals surface area contributed by atoms with Gasteiger partial charge in [0.05, 0.1) is 24.1 Å². The largest absolute Gasteiger partial charge is 0.369 e. The van der Waals surface area contributed by atoms with Gasteiger partial charge >= 0.3 is 0 Å². The maximum Gasteiger partial charge on any atom is 0.251 e. The molecule has 7 heteroatoms. The monoisotopic (exact) mass is 374 g/mol. The number of likely N-dealkylation sites (tertiary alicyclic amines) is 2. The van der Waals surface area contributed by atoms with Gasteiger partial charge in [-0.15, -0.1) is 0 Å². The second-order valence-electron chi connectivity index (χ2n) is 7.82. The maximum atomic E-state index is 12.5. The second kappa shape index (κ2) is 8.33. The normalized spacial score (nSPS) is 20.8. The Morgan fingerprint density at radius 3 is 2.63 bits per heavy atom. The summed E-state index contributed by atoms with van der Waals surface area (Å²) < 4.78 is 5.44. The minimum absolute atomic E-state index is 0.0744. The molecular formula is C20H30N4O3. The molecule has 0 aliphatic carbocycles. The number of hydrogen-bond acceptors (Lipinski definition) is 5. The number of aryl methyl sites for hydroxylation is 1. The third-order valence-corrected chi connectivity index (χ3v) is 5.84. The van der Waals surface area contributed by atoms with E-state index in [1.165, 1.54) is 0 Å². The molecule has 3 rings (SSSR count). The maximum absolute atomic E-state index is 12.5. The number of hydrogen-bond donors (Lipinski definition) is 0. The lowest BCUT2D eigenvalue weighted by molar-refractivity contribution is -0.148. The highest BCUT2D eigenvalue weighted by atomic mass is 16.5. The first-order valence-corrected chi connectivity index (χ1v) is 9.88. The van der Waals surface area contributed by atoms with Crippen LogP contribution in [0.2, 0.25) is 0 Å². The van der Waals surface area contributed by atoms with Crippen molar-refractivity contribution < 1.29 is 14.3 Å². The van der Waals surface area contributed by atoms with Crippen molar-refractivity contribution in [2.24, 2.45) is 5.41 Å². The highest BCUT2D eigenvalue weighted by Gasteiger charge is 2.42. The minimum atomic E-state index is -0.381. The van der Waals surface area contributed by atoms with Gasteiger partial charge in [0.15, 0.2) is 0 Å². The second-order valence-corrected chi connectivity index (χ2v) is 7.82. The lowest BCUT2D eigenvalue weighted by atomic mass is 9.72. The summed E-state index contributed by atoms with van der Waals surface area (Å²) in [5.41, 5.74) is 1.81. The summed E-state index contributed by atoms with van der Waals surface area (Å²) in [6.45, 7) is 8.90. The molecule has 3 heterocycles. The van der Waals surface area contributed by atoms with E-state index < -0.39 is 0 Å². The zero-order valence-corrected chi connectivity index (χ0v) is 16.6. The Kier molecular flexibility index (Phi) is 6.09. The van der Waals surface area contributed by atoms with Crippen LogP contribution in [0.1, 0.15) is 50.9 Å². The molecule has 0 radical (unpaired) electrons. The van der Waals surface area contributed by atoms with Gasteiger partial charge < -0.3 is 14.5 Å². The van der Waals surface area contributed by atoms with Crippen LogP contribution in [0.25, 0.3) is 0 Å². The Morgan fingerprint density at radius 2 is 2.00 bits per heavy atom. The van der Waals surface area contributed by atoms with Crippen LogP contribution in [-0.2, 0) is 20.9 Å². The topological polar surface area (TPSA) is 75.6 Å². The minimum Gasteiger partial charge on any atom is -0.369 e. The summed E-state index contributed by atoms with van der Waals surface area (Å²) in [7, 11) is 0. The van der Waals surface area contributed by atoms with Crippen LogP contribution in [-0.4, -0.2) is 63.9 Å². The van der Waals surface area contributed by atoms with E-state index in [0.29, 0.717) is 19.6 Å². The Hall–Kier alpha value is -2.02. The van der Waals surface area contributed by atoms with E-state index in [1.807, 2.05) is 30.6 Å². The van der Waals surface area contributed by atoms with Crippen molar-refractivity contribution in [3.05, 3.63) is 23.8 Å². The smallest absolute Gasteiger partial charge is 0.251 e. The lowest BCUT2D eigenvalue weighted by Gasteiger charge is -2.47. The SMILES string of the molecule is CCOC(C)C(=O)N1CCC2(CCC(=O)N(Cc3cnc(C)cn3)C2)CC1. The van der Waals surface area contributed by atoms with Crippen molar-refractivity contribution in [3.63, 3.8) is 0 Å². The number of nitrogens with zero attached hydrogens (tertiary/aromatic N) is 4. The Labute approximate surface area is 161 Å². The van der Waals surface area contributed by atoms with E-state index in [2.05, 4.69) is 9.97 Å². The summed E-state index contributed by atoms with van der Waals surface area (Å²) in [5, 5.41) is 0. The lowest BCUT2D eigenvalue weighted by Crippen LogP contribution is -2.53. The first kappa shape index (κ1) is 19.7. The molecule has 0 N–H and O–H groups in total. The molecule has 27 heavy (non-hydrogen) atoms. The summed E-state index contributed by atoms with van der Waals surface area (Å²) in [4.78, 5) is 37.4. The molecule has 1 aromatic heterocycles. The molecule has 7 nitrogen and oxygen atoms in total. The van der Waals surface area contributed by atoms with Gasteiger partial charge in [-0.3, -0.25) is 19.6 Å². The number of carbonyl (C=O) groups is 2. The average Bonchev–Trinajstić information content (AvgIpc) is 2.67. The molecule has 2 aliphatic heterocycles. The molecule has 2 saturated heterocycles. The fraction of sp³-hybridized carbons (Fsp3) is 0.700. The van der Waals surface area contributed by atoms with Crippen molar-refractivity contribution in [1.29, 1.82) is 0 Å². The molecule has 0 bridgehead atoms. The molecule has 0 saturated carbocycles. The molecule has 1 aromatic rings. The van der Waals surface area contributed by atoms with Gasteiger partial charge in [-0.1, -0.05) is 0 Å². The molecule has 2 fully saturated rings. The molecule has 2 aliphatic rings. The number of carbonyl (C=O) groups excluding carboxylic acids is 2. The van der Waals surface area contributed by atoms with Gasteiger partial charge in [-0.05, 0) is 45.4 Å². The fourth-order valence-corrected chi connectivity index (χ4v) is 4.13. The molecule has 1 atom stereocenters. The molecule has 0 aromatic carbocycles. The number of piperidine rings is 2. The van der Waals surface area contributed by atoms with Gasteiger partial charge in [0.25, 0.3) is 5.91 Å². The van der Waals surface area contributed by atoms with Crippen molar-refractivity contribution in [3.8, 4) is 0 Å². The number of aromatic nitrogens is 2. The third-order valence-electron chi connectivity index (χ3n) is 5.84. The number of rotatable bonds is 5. The third kappa shape index (κ3) is 4.64. The quantitative estimate of drug-likeness (QED) is 0.787. The van der Waals surface area contributed by atoms with E-state index in [-0.39, 0.29) is 23.3 Å². The van der Waals surface area contributed by atoms with Gasteiger partial charge in [0.2, 0.25) is 5.91 Å².